The summed E-state index contributed by atoms with van der Waals surface area (Å²) >= 11 is 3.49. The van der Waals surface area contributed by atoms with Crippen LogP contribution in [0.2, 0.25) is 0 Å². The van der Waals surface area contributed by atoms with Crippen LogP contribution in [-0.2, 0) is 15.3 Å². The maximum absolute atomic E-state index is 6.39. The number of hydrogen-bond donors (Lipinski definition) is 0. The normalized spacial score (nSPS) is 18.2. The van der Waals surface area contributed by atoms with E-state index in [0.29, 0.717) is 13.2 Å². The Balaban J connectivity index is 1.72. The van der Waals surface area contributed by atoms with Crippen LogP contribution in [0.1, 0.15) is 25.0 Å². The van der Waals surface area contributed by atoms with E-state index in [2.05, 4.69) is 90.4 Å². The van der Waals surface area contributed by atoms with Crippen LogP contribution in [0.25, 0.3) is 11.1 Å². The fraction of sp³-hybridized carbons (Fsp3) is 0.250. The Bertz CT molecular complexity index is 889. The summed E-state index contributed by atoms with van der Waals surface area (Å²) in [5.74, 6) is -0.852. The number of ether oxygens (including phenoxy) is 2. The first-order valence-electron chi connectivity index (χ1n) is 9.19. The van der Waals surface area contributed by atoms with Crippen molar-refractivity contribution in [3.05, 3.63) is 94.5 Å². The molecular formula is C24H23BrO2. The summed E-state index contributed by atoms with van der Waals surface area (Å²) in [5.41, 5.74) is 4.41. The Kier molecular flexibility index (Phi) is 4.94. The summed E-state index contributed by atoms with van der Waals surface area (Å²) in [5, 5.41) is 0. The van der Waals surface area contributed by atoms with Gasteiger partial charge in [-0.15, -0.1) is 0 Å². The second kappa shape index (κ2) is 7.23. The lowest BCUT2D eigenvalue weighted by atomic mass is 9.90. The van der Waals surface area contributed by atoms with E-state index in [1.165, 1.54) is 11.1 Å². The minimum Gasteiger partial charge on any atom is -0.342 e. The molecule has 3 aromatic carbocycles. The SMILES string of the molecule is CC1(C)COC(c2ccccc2)(c2ccc(-c3ccc(Br)cc3)cc2)OC1. The van der Waals surface area contributed by atoms with Gasteiger partial charge in [0, 0.05) is 21.0 Å². The van der Waals surface area contributed by atoms with Gasteiger partial charge in [0.15, 0.2) is 0 Å². The maximum Gasteiger partial charge on any atom is 0.222 e. The van der Waals surface area contributed by atoms with Gasteiger partial charge < -0.3 is 9.47 Å². The van der Waals surface area contributed by atoms with Gasteiger partial charge in [-0.2, -0.15) is 0 Å². The van der Waals surface area contributed by atoms with Crippen LogP contribution < -0.4 is 0 Å². The standard InChI is InChI=1S/C24H23BrO2/c1-23(2)16-26-24(27-17-23,20-6-4-3-5-7-20)21-12-8-18(9-13-21)19-10-14-22(25)15-11-19/h3-15H,16-17H2,1-2H3. The van der Waals surface area contributed by atoms with E-state index in [1.54, 1.807) is 0 Å². The molecule has 1 saturated heterocycles. The molecule has 4 rings (SSSR count). The van der Waals surface area contributed by atoms with E-state index in [9.17, 15) is 0 Å². The van der Waals surface area contributed by atoms with Gasteiger partial charge in [0.2, 0.25) is 5.79 Å². The third-order valence-electron chi connectivity index (χ3n) is 4.93. The number of benzene rings is 3. The molecule has 1 aliphatic heterocycles. The van der Waals surface area contributed by atoms with Crippen molar-refractivity contribution >= 4 is 15.9 Å². The molecule has 0 amide bonds. The first-order valence-corrected chi connectivity index (χ1v) is 9.98. The highest BCUT2D eigenvalue weighted by atomic mass is 79.9. The molecule has 138 valence electrons. The van der Waals surface area contributed by atoms with Gasteiger partial charge in [-0.05, 0) is 23.3 Å². The van der Waals surface area contributed by atoms with Crippen molar-refractivity contribution in [1.82, 2.24) is 0 Å². The number of halogens is 1. The van der Waals surface area contributed by atoms with Gasteiger partial charge in [-0.3, -0.25) is 0 Å². The molecule has 0 atom stereocenters. The first kappa shape index (κ1) is 18.4. The van der Waals surface area contributed by atoms with Crippen molar-refractivity contribution in [2.45, 2.75) is 19.6 Å². The van der Waals surface area contributed by atoms with E-state index < -0.39 is 5.79 Å². The Morgan fingerprint density at radius 1 is 0.667 bits per heavy atom. The summed E-state index contributed by atoms with van der Waals surface area (Å²) in [6, 6.07) is 27.1. The molecular weight excluding hydrogens is 400 g/mol. The molecule has 3 aromatic rings. The maximum atomic E-state index is 6.39. The van der Waals surface area contributed by atoms with E-state index in [1.807, 2.05) is 18.2 Å². The summed E-state index contributed by atoms with van der Waals surface area (Å²) in [7, 11) is 0. The van der Waals surface area contributed by atoms with Crippen LogP contribution in [0.3, 0.4) is 0 Å². The van der Waals surface area contributed by atoms with Gasteiger partial charge in [0.1, 0.15) is 0 Å². The van der Waals surface area contributed by atoms with Gasteiger partial charge in [-0.25, -0.2) is 0 Å². The zero-order chi connectivity index (χ0) is 18.9. The Hall–Kier alpha value is -1.94. The van der Waals surface area contributed by atoms with E-state index in [-0.39, 0.29) is 5.41 Å². The lowest BCUT2D eigenvalue weighted by Gasteiger charge is -2.44. The van der Waals surface area contributed by atoms with Crippen molar-refractivity contribution in [2.75, 3.05) is 13.2 Å². The molecule has 0 aromatic heterocycles. The molecule has 0 radical (unpaired) electrons. The van der Waals surface area contributed by atoms with Crippen LogP contribution in [0.15, 0.2) is 83.3 Å². The lowest BCUT2D eigenvalue weighted by molar-refractivity contribution is -0.284. The largest absolute Gasteiger partial charge is 0.342 e. The third kappa shape index (κ3) is 3.73. The van der Waals surface area contributed by atoms with Crippen LogP contribution in [0.4, 0.5) is 0 Å². The lowest BCUT2D eigenvalue weighted by Crippen LogP contribution is -2.46. The van der Waals surface area contributed by atoms with E-state index in [0.717, 1.165) is 15.6 Å². The molecule has 2 nitrogen and oxygen atoms in total. The highest BCUT2D eigenvalue weighted by Crippen LogP contribution is 2.42. The molecule has 0 saturated carbocycles. The van der Waals surface area contributed by atoms with E-state index >= 15 is 0 Å². The molecule has 0 aliphatic carbocycles. The van der Waals surface area contributed by atoms with E-state index in [4.69, 9.17) is 9.47 Å². The molecule has 1 fully saturated rings. The van der Waals surface area contributed by atoms with Gasteiger partial charge in [0.05, 0.1) is 13.2 Å². The topological polar surface area (TPSA) is 18.5 Å². The number of rotatable bonds is 3. The molecule has 1 heterocycles. The third-order valence-corrected chi connectivity index (χ3v) is 5.46. The Labute approximate surface area is 169 Å². The van der Waals surface area contributed by atoms with Crippen LogP contribution in [0, 0.1) is 5.41 Å². The quantitative estimate of drug-likeness (QED) is 0.486. The second-order valence-electron chi connectivity index (χ2n) is 7.81. The first-order chi connectivity index (χ1) is 13.0. The van der Waals surface area contributed by atoms with Crippen LogP contribution in [0.5, 0.6) is 0 Å². The molecule has 27 heavy (non-hydrogen) atoms. The monoisotopic (exact) mass is 422 g/mol. The predicted octanol–water partition coefficient (Wildman–Crippen LogP) is 6.39. The highest BCUT2D eigenvalue weighted by Gasteiger charge is 2.43. The molecule has 1 aliphatic rings. The van der Waals surface area contributed by atoms with Crippen molar-refractivity contribution in [3.63, 3.8) is 0 Å². The summed E-state index contributed by atoms with van der Waals surface area (Å²) in [6.07, 6.45) is 0. The van der Waals surface area contributed by atoms with Gasteiger partial charge in [0.25, 0.3) is 0 Å². The van der Waals surface area contributed by atoms with Crippen LogP contribution in [-0.4, -0.2) is 13.2 Å². The zero-order valence-corrected chi connectivity index (χ0v) is 17.2. The minimum absolute atomic E-state index is 0.00957. The van der Waals surface area contributed by atoms with Gasteiger partial charge >= 0.3 is 0 Å². The second-order valence-corrected chi connectivity index (χ2v) is 8.72. The number of hydrogen-bond acceptors (Lipinski definition) is 2. The van der Waals surface area contributed by atoms with Crippen molar-refractivity contribution in [2.24, 2.45) is 5.41 Å². The summed E-state index contributed by atoms with van der Waals surface area (Å²) in [6.45, 7) is 5.63. The van der Waals surface area contributed by atoms with Crippen molar-refractivity contribution in [1.29, 1.82) is 0 Å². The summed E-state index contributed by atoms with van der Waals surface area (Å²) < 4.78 is 13.9. The highest BCUT2D eigenvalue weighted by molar-refractivity contribution is 9.10. The Morgan fingerprint density at radius 2 is 1.15 bits per heavy atom. The smallest absolute Gasteiger partial charge is 0.222 e. The average molecular weight is 423 g/mol. The molecule has 0 N–H and O–H groups in total. The molecule has 0 unspecified atom stereocenters. The van der Waals surface area contributed by atoms with Crippen molar-refractivity contribution < 1.29 is 9.47 Å². The predicted molar refractivity (Wildman–Crippen MR) is 112 cm³/mol. The fourth-order valence-electron chi connectivity index (χ4n) is 3.36. The van der Waals surface area contributed by atoms with Crippen molar-refractivity contribution in [3.8, 4) is 11.1 Å². The average Bonchev–Trinajstić information content (AvgIpc) is 2.70. The molecule has 3 heteroatoms. The zero-order valence-electron chi connectivity index (χ0n) is 15.6. The fourth-order valence-corrected chi connectivity index (χ4v) is 3.62. The molecule has 0 bridgehead atoms. The summed E-state index contributed by atoms with van der Waals surface area (Å²) in [4.78, 5) is 0. The molecule has 0 spiro atoms. The minimum atomic E-state index is -0.852. The van der Waals surface area contributed by atoms with Gasteiger partial charge in [-0.1, -0.05) is 96.5 Å². The van der Waals surface area contributed by atoms with Crippen LogP contribution >= 0.6 is 15.9 Å². The Morgan fingerprint density at radius 3 is 1.70 bits per heavy atom.